The maximum absolute atomic E-state index is 12.0. The third-order valence-corrected chi connectivity index (χ3v) is 5.94. The van der Waals surface area contributed by atoms with E-state index in [2.05, 4.69) is 10.6 Å². The lowest BCUT2D eigenvalue weighted by Crippen LogP contribution is -2.36. The van der Waals surface area contributed by atoms with Crippen LogP contribution in [0, 0.1) is 0 Å². The van der Waals surface area contributed by atoms with Crippen LogP contribution in [0.3, 0.4) is 0 Å². The maximum Gasteiger partial charge on any atom is 0.238 e. The first kappa shape index (κ1) is 18.4. The van der Waals surface area contributed by atoms with Gasteiger partial charge in [-0.3, -0.25) is 4.79 Å². The number of sulfone groups is 1. The first-order valence-corrected chi connectivity index (χ1v) is 10.3. The van der Waals surface area contributed by atoms with Crippen LogP contribution < -0.4 is 15.4 Å². The average molecular weight is 374 g/mol. The van der Waals surface area contributed by atoms with Crippen molar-refractivity contribution in [3.05, 3.63) is 60.2 Å². The number of ether oxygens (including phenoxy) is 1. The van der Waals surface area contributed by atoms with Gasteiger partial charge in [-0.15, -0.1) is 0 Å². The van der Waals surface area contributed by atoms with Crippen molar-refractivity contribution in [3.8, 4) is 5.75 Å². The van der Waals surface area contributed by atoms with Gasteiger partial charge in [0.05, 0.1) is 18.1 Å². The molecule has 6 nitrogen and oxygen atoms in total. The van der Waals surface area contributed by atoms with Crippen LogP contribution in [0.25, 0.3) is 0 Å². The summed E-state index contributed by atoms with van der Waals surface area (Å²) in [6.45, 7) is 0.577. The molecule has 138 valence electrons. The monoisotopic (exact) mass is 374 g/mol. The lowest BCUT2D eigenvalue weighted by atomic mass is 10.2. The Balaban J connectivity index is 1.42. The van der Waals surface area contributed by atoms with Gasteiger partial charge >= 0.3 is 0 Å². The van der Waals surface area contributed by atoms with Gasteiger partial charge in [-0.1, -0.05) is 30.3 Å². The van der Waals surface area contributed by atoms with Gasteiger partial charge < -0.3 is 15.4 Å². The van der Waals surface area contributed by atoms with E-state index in [0.717, 1.165) is 11.3 Å². The Morgan fingerprint density at radius 3 is 2.46 bits per heavy atom. The van der Waals surface area contributed by atoms with Crippen LogP contribution >= 0.6 is 0 Å². The molecule has 2 aromatic rings. The van der Waals surface area contributed by atoms with Crippen molar-refractivity contribution in [3.63, 3.8) is 0 Å². The lowest BCUT2D eigenvalue weighted by Gasteiger charge is -2.11. The van der Waals surface area contributed by atoms with Crippen LogP contribution in [-0.4, -0.2) is 38.4 Å². The summed E-state index contributed by atoms with van der Waals surface area (Å²) in [4.78, 5) is 12.0. The fraction of sp³-hybridized carbons (Fsp3) is 0.316. The van der Waals surface area contributed by atoms with Gasteiger partial charge in [0.2, 0.25) is 5.91 Å². The quantitative estimate of drug-likeness (QED) is 0.774. The average Bonchev–Trinajstić information content (AvgIpc) is 2.99. The Bertz CT molecular complexity index is 836. The summed E-state index contributed by atoms with van der Waals surface area (Å²) in [7, 11) is -2.94. The molecule has 2 aromatic carbocycles. The molecule has 0 saturated carbocycles. The van der Waals surface area contributed by atoms with Gasteiger partial charge in [0.1, 0.15) is 12.4 Å². The van der Waals surface area contributed by atoms with Crippen molar-refractivity contribution in [2.75, 3.05) is 23.4 Å². The molecule has 2 N–H and O–H groups in total. The highest BCUT2D eigenvalue weighted by Crippen LogP contribution is 2.17. The third kappa shape index (κ3) is 5.57. The van der Waals surface area contributed by atoms with Crippen LogP contribution in [-0.2, 0) is 21.2 Å². The minimum absolute atomic E-state index is 0.0897. The number of hydrogen-bond donors (Lipinski definition) is 2. The van der Waals surface area contributed by atoms with Crippen molar-refractivity contribution in [1.82, 2.24) is 5.32 Å². The van der Waals surface area contributed by atoms with Crippen molar-refractivity contribution in [2.45, 2.75) is 19.1 Å². The summed E-state index contributed by atoms with van der Waals surface area (Å²) in [6, 6.07) is 16.9. The minimum Gasteiger partial charge on any atom is -0.489 e. The molecule has 0 aliphatic carbocycles. The standard InChI is InChI=1S/C19H22N2O4S/c22-19(12-20-17-10-11-26(23,24)14-17)21-16-6-8-18(9-7-16)25-13-15-4-2-1-3-5-15/h1-9,17,20H,10-14H2,(H,21,22). The summed E-state index contributed by atoms with van der Waals surface area (Å²) < 4.78 is 28.5. The number of nitrogens with one attached hydrogen (secondary N) is 2. The van der Waals surface area contributed by atoms with E-state index in [9.17, 15) is 13.2 Å². The molecule has 7 heteroatoms. The van der Waals surface area contributed by atoms with E-state index in [1.807, 2.05) is 30.3 Å². The van der Waals surface area contributed by atoms with Crippen LogP contribution in [0.4, 0.5) is 5.69 Å². The molecule has 1 saturated heterocycles. The number of benzene rings is 2. The molecule has 1 aliphatic heterocycles. The predicted molar refractivity (Wildman–Crippen MR) is 101 cm³/mol. The first-order valence-electron chi connectivity index (χ1n) is 8.51. The number of anilines is 1. The van der Waals surface area contributed by atoms with Gasteiger partial charge in [-0.05, 0) is 36.2 Å². The Labute approximate surface area is 153 Å². The van der Waals surface area contributed by atoms with Gasteiger partial charge in [0.25, 0.3) is 0 Å². The van der Waals surface area contributed by atoms with Crippen molar-refractivity contribution in [1.29, 1.82) is 0 Å². The van der Waals surface area contributed by atoms with E-state index in [0.29, 0.717) is 18.7 Å². The summed E-state index contributed by atoms with van der Waals surface area (Å²) in [6.07, 6.45) is 0.559. The summed E-state index contributed by atoms with van der Waals surface area (Å²) in [5.74, 6) is 0.818. The minimum atomic E-state index is -2.94. The molecule has 0 aromatic heterocycles. The fourth-order valence-corrected chi connectivity index (χ4v) is 4.48. The lowest BCUT2D eigenvalue weighted by molar-refractivity contribution is -0.115. The number of hydrogen-bond acceptors (Lipinski definition) is 5. The molecule has 1 heterocycles. The molecule has 3 rings (SSSR count). The molecule has 1 aliphatic rings. The van der Waals surface area contributed by atoms with Crippen LogP contribution in [0.15, 0.2) is 54.6 Å². The van der Waals surface area contributed by atoms with E-state index in [-0.39, 0.29) is 30.0 Å². The Kier molecular flexibility index (Phi) is 5.90. The molecular formula is C19H22N2O4S. The molecule has 1 fully saturated rings. The third-order valence-electron chi connectivity index (χ3n) is 4.17. The zero-order valence-corrected chi connectivity index (χ0v) is 15.2. The van der Waals surface area contributed by atoms with Crippen LogP contribution in [0.5, 0.6) is 5.75 Å². The molecule has 0 bridgehead atoms. The highest BCUT2D eigenvalue weighted by molar-refractivity contribution is 7.91. The number of carbonyl (C=O) groups excluding carboxylic acids is 1. The summed E-state index contributed by atoms with van der Waals surface area (Å²) in [5.41, 5.74) is 1.76. The Morgan fingerprint density at radius 2 is 1.81 bits per heavy atom. The van der Waals surface area contributed by atoms with Gasteiger partial charge in [0.15, 0.2) is 9.84 Å². The molecule has 1 unspecified atom stereocenters. The van der Waals surface area contributed by atoms with E-state index >= 15 is 0 Å². The second-order valence-electron chi connectivity index (χ2n) is 6.33. The molecule has 26 heavy (non-hydrogen) atoms. The second-order valence-corrected chi connectivity index (χ2v) is 8.56. The normalized spacial score (nSPS) is 18.4. The van der Waals surface area contributed by atoms with E-state index in [1.54, 1.807) is 24.3 Å². The van der Waals surface area contributed by atoms with Crippen LogP contribution in [0.2, 0.25) is 0 Å². The van der Waals surface area contributed by atoms with Crippen molar-refractivity contribution < 1.29 is 17.9 Å². The summed E-state index contributed by atoms with van der Waals surface area (Å²) >= 11 is 0. The van der Waals surface area contributed by atoms with Gasteiger partial charge in [-0.2, -0.15) is 0 Å². The number of amides is 1. The first-order chi connectivity index (χ1) is 12.5. The Morgan fingerprint density at radius 1 is 1.08 bits per heavy atom. The van der Waals surface area contributed by atoms with Crippen molar-refractivity contribution in [2.24, 2.45) is 0 Å². The van der Waals surface area contributed by atoms with Crippen molar-refractivity contribution >= 4 is 21.4 Å². The largest absolute Gasteiger partial charge is 0.489 e. The fourth-order valence-electron chi connectivity index (χ4n) is 2.77. The van der Waals surface area contributed by atoms with Crippen LogP contribution in [0.1, 0.15) is 12.0 Å². The number of rotatable bonds is 7. The molecular weight excluding hydrogens is 352 g/mol. The topological polar surface area (TPSA) is 84.5 Å². The molecule has 1 amide bonds. The summed E-state index contributed by atoms with van der Waals surface area (Å²) in [5, 5.41) is 5.77. The highest BCUT2D eigenvalue weighted by atomic mass is 32.2. The molecule has 0 spiro atoms. The van der Waals surface area contributed by atoms with E-state index in [1.165, 1.54) is 0 Å². The predicted octanol–water partition coefficient (Wildman–Crippen LogP) is 1.98. The van der Waals surface area contributed by atoms with Gasteiger partial charge in [0, 0.05) is 11.7 Å². The Hall–Kier alpha value is -2.38. The second kappa shape index (κ2) is 8.33. The number of carbonyl (C=O) groups is 1. The van der Waals surface area contributed by atoms with Gasteiger partial charge in [-0.25, -0.2) is 8.42 Å². The van der Waals surface area contributed by atoms with E-state index < -0.39 is 9.84 Å². The zero-order chi connectivity index (χ0) is 18.4. The maximum atomic E-state index is 12.0. The smallest absolute Gasteiger partial charge is 0.238 e. The molecule has 1 atom stereocenters. The molecule has 0 radical (unpaired) electrons. The van der Waals surface area contributed by atoms with E-state index in [4.69, 9.17) is 4.74 Å². The SMILES string of the molecule is O=C(CNC1CCS(=O)(=O)C1)Nc1ccc(OCc2ccccc2)cc1. The zero-order valence-electron chi connectivity index (χ0n) is 14.4. The highest BCUT2D eigenvalue weighted by Gasteiger charge is 2.27.